The largest absolute Gasteiger partial charge is 0.371 e. The Kier molecular flexibility index (Phi) is 7.23. The van der Waals surface area contributed by atoms with E-state index in [0.29, 0.717) is 42.0 Å². The molecule has 0 aliphatic carbocycles. The molecule has 0 saturated carbocycles. The van der Waals surface area contributed by atoms with Crippen molar-refractivity contribution < 1.29 is 18.3 Å². The summed E-state index contributed by atoms with van der Waals surface area (Å²) in [6, 6.07) is 14.5. The van der Waals surface area contributed by atoms with E-state index in [1.807, 2.05) is 29.2 Å². The number of benzene rings is 2. The predicted octanol–water partition coefficient (Wildman–Crippen LogP) is 4.78. The van der Waals surface area contributed by atoms with Crippen LogP contribution in [-0.2, 0) is 9.53 Å². The fraction of sp³-hybridized carbons (Fsp3) is 0.316. The van der Waals surface area contributed by atoms with Crippen LogP contribution in [-0.4, -0.2) is 42.8 Å². The van der Waals surface area contributed by atoms with Crippen molar-refractivity contribution in [3.05, 3.63) is 58.6 Å². The highest BCUT2D eigenvalue weighted by Gasteiger charge is 2.23. The number of hydrogen-bond acceptors (Lipinski definition) is 4. The molecule has 1 aliphatic heterocycles. The number of carbonyl (C=O) groups is 1. The summed E-state index contributed by atoms with van der Waals surface area (Å²) in [5, 5.41) is 2.74. The molecule has 0 radical (unpaired) electrons. The molecule has 2 aromatic carbocycles. The molecule has 1 fully saturated rings. The number of amides is 1. The molecule has 0 spiro atoms. The number of ether oxygens (including phenoxy) is 1. The summed E-state index contributed by atoms with van der Waals surface area (Å²) < 4.78 is 32.2. The molecular formula is C19H19BrF2N2O2S. The number of alkyl halides is 2. The number of nitrogens with zero attached hydrogens (tertiary/aromatic N) is 1. The van der Waals surface area contributed by atoms with Gasteiger partial charge in [-0.05, 0) is 29.8 Å². The number of hydrogen-bond donors (Lipinski definition) is 1. The molecule has 8 heteroatoms. The zero-order chi connectivity index (χ0) is 19.2. The molecule has 1 N–H and O–H groups in total. The van der Waals surface area contributed by atoms with Crippen LogP contribution in [0.25, 0.3) is 0 Å². The summed E-state index contributed by atoms with van der Waals surface area (Å²) in [6.07, 6.45) is -0.0960. The molecule has 1 heterocycles. The highest BCUT2D eigenvalue weighted by Crippen LogP contribution is 2.31. The summed E-state index contributed by atoms with van der Waals surface area (Å²) in [6.45, 7) is 1.96. The Morgan fingerprint density at radius 3 is 2.74 bits per heavy atom. The molecule has 1 atom stereocenters. The zero-order valence-electron chi connectivity index (χ0n) is 14.4. The van der Waals surface area contributed by atoms with Crippen LogP contribution in [0.15, 0.2) is 57.9 Å². The fourth-order valence-electron chi connectivity index (χ4n) is 2.89. The van der Waals surface area contributed by atoms with E-state index in [2.05, 4.69) is 21.2 Å². The van der Waals surface area contributed by atoms with Crippen molar-refractivity contribution in [2.75, 3.05) is 31.6 Å². The van der Waals surface area contributed by atoms with Gasteiger partial charge in [0.25, 0.3) is 5.76 Å². The van der Waals surface area contributed by atoms with E-state index in [4.69, 9.17) is 4.74 Å². The Bertz CT molecular complexity index is 777. The molecule has 0 aromatic heterocycles. The minimum Gasteiger partial charge on any atom is -0.371 e. The number of rotatable bonds is 6. The minimum atomic E-state index is -2.53. The van der Waals surface area contributed by atoms with Crippen molar-refractivity contribution in [1.29, 1.82) is 0 Å². The van der Waals surface area contributed by atoms with E-state index in [9.17, 15) is 13.6 Å². The monoisotopic (exact) mass is 456 g/mol. The van der Waals surface area contributed by atoms with Crippen molar-refractivity contribution in [2.24, 2.45) is 0 Å². The van der Waals surface area contributed by atoms with Crippen LogP contribution in [0.5, 0.6) is 0 Å². The molecule has 1 unspecified atom stereocenters. The third kappa shape index (κ3) is 6.00. The van der Waals surface area contributed by atoms with Crippen LogP contribution in [0.3, 0.4) is 0 Å². The lowest BCUT2D eigenvalue weighted by atomic mass is 10.1. The number of thioether (sulfide) groups is 1. The molecule has 27 heavy (non-hydrogen) atoms. The zero-order valence-corrected chi connectivity index (χ0v) is 16.8. The molecule has 144 valence electrons. The van der Waals surface area contributed by atoms with Gasteiger partial charge in [-0.15, -0.1) is 0 Å². The maximum absolute atomic E-state index is 12.7. The van der Waals surface area contributed by atoms with Crippen LogP contribution in [0.2, 0.25) is 0 Å². The van der Waals surface area contributed by atoms with Gasteiger partial charge in [-0.3, -0.25) is 9.69 Å². The normalized spacial score (nSPS) is 17.9. The average molecular weight is 457 g/mol. The molecule has 1 aliphatic rings. The van der Waals surface area contributed by atoms with Crippen LogP contribution >= 0.6 is 27.7 Å². The van der Waals surface area contributed by atoms with E-state index in [-0.39, 0.29) is 18.6 Å². The van der Waals surface area contributed by atoms with Crippen LogP contribution < -0.4 is 5.32 Å². The second-order valence-electron chi connectivity index (χ2n) is 6.07. The first-order chi connectivity index (χ1) is 13.0. The van der Waals surface area contributed by atoms with E-state index >= 15 is 0 Å². The summed E-state index contributed by atoms with van der Waals surface area (Å²) in [4.78, 5) is 14.8. The van der Waals surface area contributed by atoms with Gasteiger partial charge in [0, 0.05) is 22.5 Å². The second kappa shape index (κ2) is 9.64. The second-order valence-corrected chi connectivity index (χ2v) is 8.02. The molecule has 1 saturated heterocycles. The Balaban J connectivity index is 1.58. The van der Waals surface area contributed by atoms with E-state index in [1.54, 1.807) is 24.3 Å². The molecular weight excluding hydrogens is 438 g/mol. The van der Waals surface area contributed by atoms with Gasteiger partial charge in [-0.2, -0.15) is 8.78 Å². The number of anilines is 1. The first-order valence-corrected chi connectivity index (χ1v) is 10.1. The molecule has 4 nitrogen and oxygen atoms in total. The summed E-state index contributed by atoms with van der Waals surface area (Å²) in [5.74, 6) is -2.76. The van der Waals surface area contributed by atoms with E-state index in [0.717, 1.165) is 10.0 Å². The lowest BCUT2D eigenvalue weighted by molar-refractivity contribution is -0.119. The number of nitrogens with one attached hydrogen (secondary N) is 1. The quantitative estimate of drug-likeness (QED) is 0.635. The van der Waals surface area contributed by atoms with Crippen LogP contribution in [0, 0.1) is 0 Å². The van der Waals surface area contributed by atoms with Crippen LogP contribution in [0.1, 0.15) is 11.7 Å². The van der Waals surface area contributed by atoms with Crippen molar-refractivity contribution >= 4 is 39.3 Å². The van der Waals surface area contributed by atoms with Gasteiger partial charge >= 0.3 is 0 Å². The number of morpholine rings is 1. The Hall–Kier alpha value is -1.48. The standard InChI is InChI=1S/C19H19BrF2N2O2S/c20-14-7-5-13(6-8-14)16-11-24(9-10-26-16)12-18(25)23-15-3-1-2-4-17(15)27-19(21)22/h1-8,16,19H,9-12H2,(H,23,25). The van der Waals surface area contributed by atoms with Crippen molar-refractivity contribution in [1.82, 2.24) is 4.90 Å². The third-order valence-electron chi connectivity index (χ3n) is 4.14. The van der Waals surface area contributed by atoms with Crippen molar-refractivity contribution in [3.63, 3.8) is 0 Å². The number of halogens is 3. The van der Waals surface area contributed by atoms with Gasteiger partial charge in [0.05, 0.1) is 24.9 Å². The van der Waals surface area contributed by atoms with Gasteiger partial charge in [-0.1, -0.05) is 52.0 Å². The van der Waals surface area contributed by atoms with E-state index in [1.165, 1.54) is 0 Å². The summed E-state index contributed by atoms with van der Waals surface area (Å²) in [5.41, 5.74) is 1.47. The lowest BCUT2D eigenvalue weighted by Crippen LogP contribution is -2.42. The predicted molar refractivity (Wildman–Crippen MR) is 106 cm³/mol. The molecule has 1 amide bonds. The lowest BCUT2D eigenvalue weighted by Gasteiger charge is -2.32. The maximum atomic E-state index is 12.7. The van der Waals surface area contributed by atoms with E-state index < -0.39 is 5.76 Å². The number of carbonyl (C=O) groups excluding carboxylic acids is 1. The van der Waals surface area contributed by atoms with Crippen molar-refractivity contribution in [3.8, 4) is 0 Å². The molecule has 0 bridgehead atoms. The van der Waals surface area contributed by atoms with Gasteiger partial charge in [0.2, 0.25) is 5.91 Å². The summed E-state index contributed by atoms with van der Waals surface area (Å²) >= 11 is 3.84. The van der Waals surface area contributed by atoms with Gasteiger partial charge < -0.3 is 10.1 Å². The minimum absolute atomic E-state index is 0.0960. The Morgan fingerprint density at radius 2 is 2.00 bits per heavy atom. The SMILES string of the molecule is O=C(CN1CCOC(c2ccc(Br)cc2)C1)Nc1ccccc1SC(F)F. The molecule has 3 rings (SSSR count). The highest BCUT2D eigenvalue weighted by atomic mass is 79.9. The maximum Gasteiger partial charge on any atom is 0.288 e. The van der Waals surface area contributed by atoms with Gasteiger partial charge in [0.1, 0.15) is 0 Å². The number of para-hydroxylation sites is 1. The van der Waals surface area contributed by atoms with Gasteiger partial charge in [-0.25, -0.2) is 0 Å². The first-order valence-electron chi connectivity index (χ1n) is 8.44. The first kappa shape index (κ1) is 20.3. The Morgan fingerprint density at radius 1 is 1.26 bits per heavy atom. The average Bonchev–Trinajstić information content (AvgIpc) is 2.64. The third-order valence-corrected chi connectivity index (χ3v) is 5.45. The summed E-state index contributed by atoms with van der Waals surface area (Å²) in [7, 11) is 0. The van der Waals surface area contributed by atoms with Crippen LogP contribution in [0.4, 0.5) is 14.5 Å². The Labute approximate surface area is 169 Å². The smallest absolute Gasteiger partial charge is 0.288 e. The molecule has 2 aromatic rings. The fourth-order valence-corrected chi connectivity index (χ4v) is 3.75. The topological polar surface area (TPSA) is 41.6 Å². The van der Waals surface area contributed by atoms with Crippen molar-refractivity contribution in [2.45, 2.75) is 16.8 Å². The van der Waals surface area contributed by atoms with Gasteiger partial charge in [0.15, 0.2) is 0 Å². The highest BCUT2D eigenvalue weighted by molar-refractivity contribution is 9.10.